The molecular formula is C9H9FIN5O2. The molecule has 7 nitrogen and oxygen atoms in total. The van der Waals surface area contributed by atoms with Gasteiger partial charge in [-0.1, -0.05) is 0 Å². The van der Waals surface area contributed by atoms with E-state index in [0.29, 0.717) is 0 Å². The number of rotatable bonds is 2. The summed E-state index contributed by atoms with van der Waals surface area (Å²) in [6.07, 6.45) is 0. The minimum absolute atomic E-state index is 0.203. The summed E-state index contributed by atoms with van der Waals surface area (Å²) in [5, 5.41) is 8.91. The molecule has 0 unspecified atom stereocenters. The highest BCUT2D eigenvalue weighted by atomic mass is 127. The second-order valence-corrected chi connectivity index (χ2v) is 4.23. The normalized spacial score (nSPS) is 11.1. The Kier molecular flexibility index (Phi) is 4.42. The van der Waals surface area contributed by atoms with Gasteiger partial charge in [-0.05, 0) is 34.7 Å². The van der Waals surface area contributed by atoms with Gasteiger partial charge in [0.2, 0.25) is 5.96 Å². The second-order valence-electron chi connectivity index (χ2n) is 3.07. The minimum Gasteiger partial charge on any atom is -0.478 e. The lowest BCUT2D eigenvalue weighted by atomic mass is 10.2. The van der Waals surface area contributed by atoms with E-state index >= 15 is 0 Å². The van der Waals surface area contributed by atoms with E-state index in [4.69, 9.17) is 22.3 Å². The molecule has 0 bridgehead atoms. The minimum atomic E-state index is -1.33. The summed E-state index contributed by atoms with van der Waals surface area (Å²) in [4.78, 5) is 17.9. The van der Waals surface area contributed by atoms with Crippen LogP contribution in [0.1, 0.15) is 10.4 Å². The number of aromatic carboxylic acids is 1. The van der Waals surface area contributed by atoms with Gasteiger partial charge in [0.05, 0.1) is 9.13 Å². The molecule has 0 heterocycles. The van der Waals surface area contributed by atoms with E-state index in [-0.39, 0.29) is 15.1 Å². The zero-order chi connectivity index (χ0) is 13.9. The van der Waals surface area contributed by atoms with Crippen molar-refractivity contribution in [2.75, 3.05) is 0 Å². The molecule has 0 spiro atoms. The van der Waals surface area contributed by atoms with Crippen LogP contribution in [0.3, 0.4) is 0 Å². The maximum Gasteiger partial charge on any atom is 0.338 e. The van der Waals surface area contributed by atoms with E-state index in [2.05, 4.69) is 9.98 Å². The number of benzene rings is 1. The van der Waals surface area contributed by atoms with Crippen molar-refractivity contribution >= 4 is 46.2 Å². The van der Waals surface area contributed by atoms with Gasteiger partial charge in [-0.25, -0.2) is 14.2 Å². The van der Waals surface area contributed by atoms with Crippen LogP contribution in [0.2, 0.25) is 0 Å². The maximum absolute atomic E-state index is 13.8. The molecule has 0 amide bonds. The van der Waals surface area contributed by atoms with Gasteiger partial charge in [0.1, 0.15) is 5.69 Å². The molecule has 9 heteroatoms. The Bertz CT molecular complexity index is 554. The first-order valence-electron chi connectivity index (χ1n) is 4.48. The third kappa shape index (κ3) is 3.29. The predicted molar refractivity (Wildman–Crippen MR) is 73.2 cm³/mol. The molecule has 0 aliphatic rings. The summed E-state index contributed by atoms with van der Waals surface area (Å²) in [6.45, 7) is 0. The van der Waals surface area contributed by atoms with Crippen LogP contribution in [0.4, 0.5) is 10.1 Å². The van der Waals surface area contributed by atoms with Gasteiger partial charge in [0.15, 0.2) is 11.8 Å². The molecule has 0 aliphatic heterocycles. The van der Waals surface area contributed by atoms with Crippen LogP contribution in [0.15, 0.2) is 22.1 Å². The molecule has 1 aromatic carbocycles. The van der Waals surface area contributed by atoms with Crippen molar-refractivity contribution in [1.29, 1.82) is 0 Å². The highest BCUT2D eigenvalue weighted by molar-refractivity contribution is 14.1. The van der Waals surface area contributed by atoms with E-state index in [0.717, 1.165) is 0 Å². The van der Waals surface area contributed by atoms with Crippen LogP contribution in [-0.2, 0) is 0 Å². The molecule has 0 fully saturated rings. The smallest absolute Gasteiger partial charge is 0.338 e. The molecule has 0 aromatic heterocycles. The van der Waals surface area contributed by atoms with Gasteiger partial charge in [-0.15, -0.1) is 0 Å². The van der Waals surface area contributed by atoms with E-state index in [9.17, 15) is 9.18 Å². The van der Waals surface area contributed by atoms with Crippen LogP contribution in [0.25, 0.3) is 0 Å². The second kappa shape index (κ2) is 5.62. The van der Waals surface area contributed by atoms with Gasteiger partial charge in [0.25, 0.3) is 0 Å². The molecule has 1 aromatic rings. The average molecular weight is 365 g/mol. The fourth-order valence-corrected chi connectivity index (χ4v) is 1.53. The van der Waals surface area contributed by atoms with Crippen LogP contribution in [0, 0.1) is 9.39 Å². The molecule has 96 valence electrons. The van der Waals surface area contributed by atoms with Crippen molar-refractivity contribution in [2.24, 2.45) is 27.2 Å². The van der Waals surface area contributed by atoms with Crippen molar-refractivity contribution in [1.82, 2.24) is 0 Å². The molecule has 0 radical (unpaired) electrons. The van der Waals surface area contributed by atoms with Gasteiger partial charge < -0.3 is 22.3 Å². The fourth-order valence-electron chi connectivity index (χ4n) is 1.09. The number of guanidine groups is 2. The predicted octanol–water partition coefficient (Wildman–Crippen LogP) is 0.348. The Labute approximate surface area is 115 Å². The number of nitrogens with zero attached hydrogens (tertiary/aromatic N) is 2. The summed E-state index contributed by atoms with van der Waals surface area (Å²) in [7, 11) is 0. The van der Waals surface area contributed by atoms with Gasteiger partial charge >= 0.3 is 5.97 Å². The number of carbonyl (C=O) groups is 1. The molecule has 1 rings (SSSR count). The number of aliphatic imine (C=N–C) groups is 2. The maximum atomic E-state index is 13.8. The van der Waals surface area contributed by atoms with Crippen molar-refractivity contribution in [2.45, 2.75) is 0 Å². The van der Waals surface area contributed by atoms with Crippen LogP contribution in [-0.4, -0.2) is 23.0 Å². The monoisotopic (exact) mass is 365 g/mol. The number of halogens is 2. The van der Waals surface area contributed by atoms with Gasteiger partial charge in [0, 0.05) is 0 Å². The summed E-state index contributed by atoms with van der Waals surface area (Å²) in [6, 6.07) is 2.53. The molecule has 0 aliphatic carbocycles. The van der Waals surface area contributed by atoms with Crippen molar-refractivity contribution in [3.8, 4) is 0 Å². The number of carboxylic acid groups (broad SMARTS) is 1. The van der Waals surface area contributed by atoms with Gasteiger partial charge in [-0.3, -0.25) is 0 Å². The first-order chi connectivity index (χ1) is 8.32. The molecule has 0 saturated carbocycles. The lowest BCUT2D eigenvalue weighted by Gasteiger charge is -2.04. The molecular weight excluding hydrogens is 356 g/mol. The summed E-state index contributed by atoms with van der Waals surface area (Å²) in [5.74, 6) is -2.93. The van der Waals surface area contributed by atoms with Gasteiger partial charge in [-0.2, -0.15) is 4.99 Å². The van der Waals surface area contributed by atoms with Crippen molar-refractivity contribution < 1.29 is 14.3 Å². The zero-order valence-corrected chi connectivity index (χ0v) is 11.1. The molecule has 7 N–H and O–H groups in total. The largest absolute Gasteiger partial charge is 0.478 e. The topological polar surface area (TPSA) is 140 Å². The zero-order valence-electron chi connectivity index (χ0n) is 8.89. The Morgan fingerprint density at radius 1 is 1.33 bits per heavy atom. The molecule has 0 saturated heterocycles. The van der Waals surface area contributed by atoms with E-state index in [1.165, 1.54) is 12.1 Å². The van der Waals surface area contributed by atoms with E-state index in [1.54, 1.807) is 22.6 Å². The average Bonchev–Trinajstić information content (AvgIpc) is 2.23. The van der Waals surface area contributed by atoms with E-state index in [1.807, 2.05) is 0 Å². The van der Waals surface area contributed by atoms with Crippen molar-refractivity contribution in [3.05, 3.63) is 27.1 Å². The quantitative estimate of drug-likeness (QED) is 0.340. The highest BCUT2D eigenvalue weighted by Crippen LogP contribution is 2.27. The molecule has 0 atom stereocenters. The van der Waals surface area contributed by atoms with Crippen LogP contribution >= 0.6 is 22.6 Å². The summed E-state index contributed by atoms with van der Waals surface area (Å²) in [5.41, 5.74) is 14.7. The first-order valence-corrected chi connectivity index (χ1v) is 5.56. The first kappa shape index (κ1) is 14.2. The lowest BCUT2D eigenvalue weighted by molar-refractivity contribution is 0.0697. The summed E-state index contributed by atoms with van der Waals surface area (Å²) < 4.78 is 14.0. The Balaban J connectivity index is 3.43. The Hall–Kier alpha value is -1.91. The van der Waals surface area contributed by atoms with Crippen molar-refractivity contribution in [3.63, 3.8) is 0 Å². The standard InChI is InChI=1S/C9H9FIN5O2/c10-5-4(11)2-1-3(7(17)18)6(5)15-9(14)16-8(12)13/h1-2H,(H,17,18)(H6,12,13,14,15,16). The number of carboxylic acids is 1. The fraction of sp³-hybridized carbons (Fsp3) is 0. The molecule has 18 heavy (non-hydrogen) atoms. The Morgan fingerprint density at radius 2 is 1.94 bits per heavy atom. The Morgan fingerprint density at radius 3 is 2.44 bits per heavy atom. The number of hydrogen-bond donors (Lipinski definition) is 4. The van der Waals surface area contributed by atoms with E-state index < -0.39 is 23.4 Å². The number of nitrogens with two attached hydrogens (primary N) is 3. The summed E-state index contributed by atoms with van der Waals surface area (Å²) >= 11 is 1.70. The SMILES string of the molecule is NC(N)=NC(N)=Nc1c(C(=O)O)ccc(I)c1F. The lowest BCUT2D eigenvalue weighted by Crippen LogP contribution is -2.26. The third-order valence-electron chi connectivity index (χ3n) is 1.77. The van der Waals surface area contributed by atoms with Crippen LogP contribution < -0.4 is 17.2 Å². The van der Waals surface area contributed by atoms with Crippen LogP contribution in [0.5, 0.6) is 0 Å². The highest BCUT2D eigenvalue weighted by Gasteiger charge is 2.17. The number of hydrogen-bond acceptors (Lipinski definition) is 2. The third-order valence-corrected chi connectivity index (χ3v) is 2.60.